The van der Waals surface area contributed by atoms with E-state index in [4.69, 9.17) is 16.7 Å². The molecule has 0 saturated heterocycles. The summed E-state index contributed by atoms with van der Waals surface area (Å²) in [5.41, 5.74) is 1.54. The molecule has 1 N–H and O–H groups in total. The number of amides is 1. The van der Waals surface area contributed by atoms with Gasteiger partial charge in [-0.3, -0.25) is 0 Å². The van der Waals surface area contributed by atoms with E-state index < -0.39 is 6.09 Å². The lowest BCUT2D eigenvalue weighted by Crippen LogP contribution is -2.26. The molecule has 0 unspecified atom stereocenters. The molecular weight excluding hydrogens is 218 g/mol. The highest BCUT2D eigenvalue weighted by Crippen LogP contribution is 2.19. The summed E-state index contributed by atoms with van der Waals surface area (Å²) in [5.74, 6) is 0. The molecule has 78 valence electrons. The van der Waals surface area contributed by atoms with Gasteiger partial charge in [0, 0.05) is 12.7 Å². The lowest BCUT2D eigenvalue weighted by Gasteiger charge is -2.10. The highest BCUT2D eigenvalue weighted by atomic mass is 35.5. The third-order valence-electron chi connectivity index (χ3n) is 2.14. The molecule has 0 aromatic carbocycles. The van der Waals surface area contributed by atoms with Gasteiger partial charge >= 0.3 is 6.09 Å². The highest BCUT2D eigenvalue weighted by Gasteiger charge is 2.20. The highest BCUT2D eigenvalue weighted by molar-refractivity contribution is 6.28. The standard InChI is InChI=1S/C9H8ClN3O2/c10-8-11-3-1-7(12-8)6-2-4-13(5-6)9(14)15/h1-3H,4-5H2,(H,14,15). The van der Waals surface area contributed by atoms with Crippen LogP contribution in [0.3, 0.4) is 0 Å². The van der Waals surface area contributed by atoms with E-state index >= 15 is 0 Å². The smallest absolute Gasteiger partial charge is 0.407 e. The Hall–Kier alpha value is -1.62. The minimum Gasteiger partial charge on any atom is -0.465 e. The first-order chi connectivity index (χ1) is 7.16. The monoisotopic (exact) mass is 225 g/mol. The summed E-state index contributed by atoms with van der Waals surface area (Å²) in [7, 11) is 0. The Morgan fingerprint density at radius 1 is 1.60 bits per heavy atom. The van der Waals surface area contributed by atoms with Crippen LogP contribution in [0.5, 0.6) is 0 Å². The van der Waals surface area contributed by atoms with E-state index in [1.54, 1.807) is 12.3 Å². The minimum atomic E-state index is -0.929. The maximum atomic E-state index is 10.7. The molecule has 0 atom stereocenters. The molecule has 1 aromatic rings. The second-order valence-corrected chi connectivity index (χ2v) is 3.44. The molecule has 1 amide bonds. The molecule has 1 aromatic heterocycles. The summed E-state index contributed by atoms with van der Waals surface area (Å²) in [6.07, 6.45) is 2.45. The molecule has 0 radical (unpaired) electrons. The van der Waals surface area contributed by atoms with Gasteiger partial charge in [-0.2, -0.15) is 0 Å². The van der Waals surface area contributed by atoms with Crippen molar-refractivity contribution in [3.8, 4) is 0 Å². The SMILES string of the molecule is O=C(O)N1CC=C(c2ccnc(Cl)n2)C1. The number of carboxylic acid groups (broad SMARTS) is 1. The summed E-state index contributed by atoms with van der Waals surface area (Å²) in [4.78, 5) is 19.8. The second kappa shape index (κ2) is 3.86. The molecular formula is C9H8ClN3O2. The maximum Gasteiger partial charge on any atom is 0.407 e. The number of hydrogen-bond donors (Lipinski definition) is 1. The van der Waals surface area contributed by atoms with Crippen LogP contribution in [-0.4, -0.2) is 39.2 Å². The second-order valence-electron chi connectivity index (χ2n) is 3.10. The van der Waals surface area contributed by atoms with Crippen LogP contribution in [0.2, 0.25) is 5.28 Å². The van der Waals surface area contributed by atoms with Crippen LogP contribution >= 0.6 is 11.6 Å². The number of aromatic nitrogens is 2. The van der Waals surface area contributed by atoms with Gasteiger partial charge < -0.3 is 10.0 Å². The lowest BCUT2D eigenvalue weighted by atomic mass is 10.2. The molecule has 1 aliphatic heterocycles. The van der Waals surface area contributed by atoms with Crippen LogP contribution < -0.4 is 0 Å². The molecule has 0 bridgehead atoms. The molecule has 2 rings (SSSR count). The fraction of sp³-hybridized carbons (Fsp3) is 0.222. The molecule has 0 fully saturated rings. The summed E-state index contributed by atoms with van der Waals surface area (Å²) < 4.78 is 0. The average molecular weight is 226 g/mol. The van der Waals surface area contributed by atoms with Crippen molar-refractivity contribution >= 4 is 23.3 Å². The Kier molecular flexibility index (Phi) is 2.55. The van der Waals surface area contributed by atoms with Crippen molar-refractivity contribution in [1.82, 2.24) is 14.9 Å². The van der Waals surface area contributed by atoms with Crippen molar-refractivity contribution in [3.05, 3.63) is 29.3 Å². The van der Waals surface area contributed by atoms with Crippen LogP contribution in [0.4, 0.5) is 4.79 Å². The van der Waals surface area contributed by atoms with E-state index in [0.29, 0.717) is 18.8 Å². The summed E-state index contributed by atoms with van der Waals surface area (Å²) >= 11 is 5.64. The first-order valence-corrected chi connectivity index (χ1v) is 4.70. The zero-order valence-electron chi connectivity index (χ0n) is 7.72. The topological polar surface area (TPSA) is 66.3 Å². The number of hydrogen-bond acceptors (Lipinski definition) is 3. The number of rotatable bonds is 1. The summed E-state index contributed by atoms with van der Waals surface area (Å²) in [6, 6.07) is 1.71. The Morgan fingerprint density at radius 3 is 3.00 bits per heavy atom. The maximum absolute atomic E-state index is 10.7. The molecule has 0 aliphatic carbocycles. The molecule has 0 saturated carbocycles. The van der Waals surface area contributed by atoms with Crippen molar-refractivity contribution < 1.29 is 9.90 Å². The molecule has 5 nitrogen and oxygen atoms in total. The van der Waals surface area contributed by atoms with Crippen LogP contribution in [0, 0.1) is 0 Å². The van der Waals surface area contributed by atoms with Crippen molar-refractivity contribution in [2.75, 3.05) is 13.1 Å². The van der Waals surface area contributed by atoms with Gasteiger partial charge in [0.05, 0.1) is 12.2 Å². The number of nitrogens with zero attached hydrogens (tertiary/aromatic N) is 3. The molecule has 15 heavy (non-hydrogen) atoms. The lowest BCUT2D eigenvalue weighted by molar-refractivity contribution is 0.158. The van der Waals surface area contributed by atoms with Crippen molar-refractivity contribution in [1.29, 1.82) is 0 Å². The zero-order chi connectivity index (χ0) is 10.8. The van der Waals surface area contributed by atoms with Gasteiger partial charge in [-0.1, -0.05) is 6.08 Å². The molecule has 6 heteroatoms. The Balaban J connectivity index is 2.17. The van der Waals surface area contributed by atoms with Gasteiger partial charge in [0.15, 0.2) is 0 Å². The normalized spacial score (nSPS) is 15.3. The minimum absolute atomic E-state index is 0.169. The third kappa shape index (κ3) is 2.07. The number of halogens is 1. The van der Waals surface area contributed by atoms with Crippen molar-refractivity contribution in [2.24, 2.45) is 0 Å². The number of carbonyl (C=O) groups is 1. The Morgan fingerprint density at radius 2 is 2.40 bits per heavy atom. The van der Waals surface area contributed by atoms with Crippen molar-refractivity contribution in [3.63, 3.8) is 0 Å². The van der Waals surface area contributed by atoms with Gasteiger partial charge in [-0.15, -0.1) is 0 Å². The van der Waals surface area contributed by atoms with Crippen LogP contribution in [-0.2, 0) is 0 Å². The summed E-state index contributed by atoms with van der Waals surface area (Å²) in [5, 5.41) is 8.93. The average Bonchev–Trinajstić information content (AvgIpc) is 2.66. The largest absolute Gasteiger partial charge is 0.465 e. The first-order valence-electron chi connectivity index (χ1n) is 4.32. The van der Waals surface area contributed by atoms with E-state index in [1.807, 2.05) is 6.08 Å². The van der Waals surface area contributed by atoms with E-state index in [-0.39, 0.29) is 5.28 Å². The van der Waals surface area contributed by atoms with E-state index in [0.717, 1.165) is 5.57 Å². The first kappa shape index (κ1) is 9.92. The van der Waals surface area contributed by atoms with E-state index in [2.05, 4.69) is 9.97 Å². The fourth-order valence-corrected chi connectivity index (χ4v) is 1.55. The van der Waals surface area contributed by atoms with E-state index in [1.165, 1.54) is 4.90 Å². The molecule has 0 spiro atoms. The molecule has 1 aliphatic rings. The Bertz CT molecular complexity index is 433. The van der Waals surface area contributed by atoms with Gasteiger partial charge in [0.25, 0.3) is 0 Å². The van der Waals surface area contributed by atoms with Crippen LogP contribution in [0.25, 0.3) is 5.57 Å². The van der Waals surface area contributed by atoms with Gasteiger partial charge in [-0.25, -0.2) is 14.8 Å². The van der Waals surface area contributed by atoms with Crippen LogP contribution in [0.15, 0.2) is 18.3 Å². The molecule has 2 heterocycles. The quantitative estimate of drug-likeness (QED) is 0.736. The van der Waals surface area contributed by atoms with Gasteiger partial charge in [0.2, 0.25) is 5.28 Å². The van der Waals surface area contributed by atoms with Crippen molar-refractivity contribution in [2.45, 2.75) is 0 Å². The summed E-state index contributed by atoms with van der Waals surface area (Å²) in [6.45, 7) is 0.745. The zero-order valence-corrected chi connectivity index (χ0v) is 8.48. The van der Waals surface area contributed by atoms with Crippen LogP contribution in [0.1, 0.15) is 5.69 Å². The predicted molar refractivity (Wildman–Crippen MR) is 54.6 cm³/mol. The third-order valence-corrected chi connectivity index (χ3v) is 2.33. The predicted octanol–water partition coefficient (Wildman–Crippen LogP) is 1.51. The fourth-order valence-electron chi connectivity index (χ4n) is 1.40. The van der Waals surface area contributed by atoms with Gasteiger partial charge in [-0.05, 0) is 23.2 Å². The van der Waals surface area contributed by atoms with E-state index in [9.17, 15) is 4.79 Å². The Labute approximate surface area is 91.0 Å². The van der Waals surface area contributed by atoms with Gasteiger partial charge in [0.1, 0.15) is 0 Å².